The molecule has 1 saturated heterocycles. The third-order valence-corrected chi connectivity index (χ3v) is 4.56. The summed E-state index contributed by atoms with van der Waals surface area (Å²) in [5.74, 6) is 0.436. The molecule has 2 N–H and O–H groups in total. The van der Waals surface area contributed by atoms with Gasteiger partial charge >= 0.3 is 0 Å². The number of aromatic nitrogens is 4. The van der Waals surface area contributed by atoms with E-state index in [1.807, 2.05) is 12.1 Å². The first-order chi connectivity index (χ1) is 12.2. The number of benzene rings is 1. The zero-order chi connectivity index (χ0) is 17.6. The molecule has 2 aromatic rings. The lowest BCUT2D eigenvalue weighted by molar-refractivity contribution is 0.0849. The van der Waals surface area contributed by atoms with Gasteiger partial charge in [0.25, 0.3) is 5.91 Å². The van der Waals surface area contributed by atoms with Gasteiger partial charge in [-0.1, -0.05) is 18.6 Å². The molecule has 1 aromatic carbocycles. The van der Waals surface area contributed by atoms with Crippen molar-refractivity contribution in [3.05, 3.63) is 29.8 Å². The van der Waals surface area contributed by atoms with Gasteiger partial charge in [-0.05, 0) is 36.7 Å². The molecule has 0 spiro atoms. The van der Waals surface area contributed by atoms with Crippen LogP contribution in [0.2, 0.25) is 0 Å². The van der Waals surface area contributed by atoms with Crippen molar-refractivity contribution in [2.24, 2.45) is 7.05 Å². The number of piperidine rings is 1. The van der Waals surface area contributed by atoms with Crippen LogP contribution in [0.3, 0.4) is 0 Å². The van der Waals surface area contributed by atoms with Crippen LogP contribution in [0.4, 0.5) is 0 Å². The Morgan fingerprint density at radius 3 is 2.80 bits per heavy atom. The third-order valence-electron chi connectivity index (χ3n) is 4.56. The number of likely N-dealkylation sites (tertiary alicyclic amines) is 1. The fourth-order valence-electron chi connectivity index (χ4n) is 3.15. The Kier molecular flexibility index (Phi) is 5.72. The molecule has 0 aliphatic carbocycles. The van der Waals surface area contributed by atoms with E-state index < -0.39 is 0 Å². The molecule has 0 saturated carbocycles. The summed E-state index contributed by atoms with van der Waals surface area (Å²) in [6.07, 6.45) is 3.35. The first-order valence-electron chi connectivity index (χ1n) is 8.65. The minimum absolute atomic E-state index is 0.101. The van der Waals surface area contributed by atoms with Crippen molar-refractivity contribution in [2.75, 3.05) is 26.2 Å². The van der Waals surface area contributed by atoms with E-state index in [2.05, 4.69) is 25.6 Å². The third kappa shape index (κ3) is 4.40. The Morgan fingerprint density at radius 1 is 1.32 bits per heavy atom. The molecule has 1 amide bonds. The van der Waals surface area contributed by atoms with Crippen LogP contribution in [0.25, 0.3) is 11.4 Å². The summed E-state index contributed by atoms with van der Waals surface area (Å²) in [6.45, 7) is 2.51. The summed E-state index contributed by atoms with van der Waals surface area (Å²) in [7, 11) is 1.71. The summed E-state index contributed by atoms with van der Waals surface area (Å²) in [6, 6.07) is 7.39. The van der Waals surface area contributed by atoms with E-state index in [0.29, 0.717) is 17.9 Å². The standard InChI is InChI=1S/C17H24N6O2/c1-22-20-16(19-21-22)13-5-7-14(8-6-13)17(25)18-9-11-23-10-3-2-4-15(23)12-24/h5-8,15,24H,2-4,9-12H2,1H3,(H,18,25). The molecule has 1 aliphatic heterocycles. The van der Waals surface area contributed by atoms with Gasteiger partial charge < -0.3 is 10.4 Å². The van der Waals surface area contributed by atoms with Crippen LogP contribution in [-0.4, -0.2) is 68.4 Å². The van der Waals surface area contributed by atoms with Gasteiger partial charge in [-0.2, -0.15) is 4.80 Å². The number of tetrazole rings is 1. The first-order valence-corrected chi connectivity index (χ1v) is 8.65. The Labute approximate surface area is 146 Å². The van der Waals surface area contributed by atoms with E-state index in [4.69, 9.17) is 0 Å². The molecule has 1 atom stereocenters. The van der Waals surface area contributed by atoms with Crippen molar-refractivity contribution in [3.8, 4) is 11.4 Å². The van der Waals surface area contributed by atoms with Crippen LogP contribution >= 0.6 is 0 Å². The molecule has 1 aromatic heterocycles. The maximum Gasteiger partial charge on any atom is 0.251 e. The average molecular weight is 344 g/mol. The summed E-state index contributed by atoms with van der Waals surface area (Å²) >= 11 is 0. The number of aryl methyl sites for hydroxylation is 1. The quantitative estimate of drug-likeness (QED) is 0.790. The fourth-order valence-corrected chi connectivity index (χ4v) is 3.15. The van der Waals surface area contributed by atoms with E-state index in [0.717, 1.165) is 31.5 Å². The molecule has 8 nitrogen and oxygen atoms in total. The normalized spacial score (nSPS) is 18.2. The predicted octanol–water partition coefficient (Wildman–Crippen LogP) is 0.454. The van der Waals surface area contributed by atoms with Gasteiger partial charge in [0.15, 0.2) is 0 Å². The van der Waals surface area contributed by atoms with Gasteiger partial charge in [0.2, 0.25) is 5.82 Å². The number of nitrogens with zero attached hydrogens (tertiary/aromatic N) is 5. The molecule has 8 heteroatoms. The summed E-state index contributed by atoms with van der Waals surface area (Å²) in [5.41, 5.74) is 1.42. The molecule has 1 fully saturated rings. The number of aliphatic hydroxyl groups is 1. The molecule has 2 heterocycles. The van der Waals surface area contributed by atoms with Gasteiger partial charge in [-0.25, -0.2) is 0 Å². The molecule has 0 bridgehead atoms. The SMILES string of the molecule is Cn1nnc(-c2ccc(C(=O)NCCN3CCCCC3CO)cc2)n1. The first kappa shape index (κ1) is 17.5. The summed E-state index contributed by atoms with van der Waals surface area (Å²) in [5, 5.41) is 24.3. The fraction of sp³-hybridized carbons (Fsp3) is 0.529. The largest absolute Gasteiger partial charge is 0.395 e. The van der Waals surface area contributed by atoms with E-state index in [1.165, 1.54) is 11.2 Å². The number of aliphatic hydroxyl groups excluding tert-OH is 1. The zero-order valence-electron chi connectivity index (χ0n) is 14.4. The summed E-state index contributed by atoms with van der Waals surface area (Å²) in [4.78, 5) is 15.9. The predicted molar refractivity (Wildman–Crippen MR) is 92.9 cm³/mol. The number of hydrogen-bond donors (Lipinski definition) is 2. The van der Waals surface area contributed by atoms with Gasteiger partial charge in [-0.15, -0.1) is 10.2 Å². The Bertz CT molecular complexity index is 699. The number of nitrogens with one attached hydrogen (secondary N) is 1. The lowest BCUT2D eigenvalue weighted by atomic mass is 10.0. The highest BCUT2D eigenvalue weighted by atomic mass is 16.3. The molecule has 3 rings (SSSR count). The number of amides is 1. The molecule has 1 unspecified atom stereocenters. The topological polar surface area (TPSA) is 96.2 Å². The number of hydrogen-bond acceptors (Lipinski definition) is 6. The molecule has 25 heavy (non-hydrogen) atoms. The van der Waals surface area contributed by atoms with Gasteiger partial charge in [0.05, 0.1) is 13.7 Å². The van der Waals surface area contributed by atoms with Crippen LogP contribution in [0.15, 0.2) is 24.3 Å². The van der Waals surface area contributed by atoms with Crippen molar-refractivity contribution in [1.82, 2.24) is 30.4 Å². The number of carbonyl (C=O) groups is 1. The van der Waals surface area contributed by atoms with Gasteiger partial charge in [-0.3, -0.25) is 9.69 Å². The van der Waals surface area contributed by atoms with Crippen molar-refractivity contribution in [2.45, 2.75) is 25.3 Å². The number of carbonyl (C=O) groups excluding carboxylic acids is 1. The van der Waals surface area contributed by atoms with Crippen molar-refractivity contribution in [1.29, 1.82) is 0 Å². The van der Waals surface area contributed by atoms with Crippen molar-refractivity contribution >= 4 is 5.91 Å². The lowest BCUT2D eigenvalue weighted by Crippen LogP contribution is -2.45. The minimum Gasteiger partial charge on any atom is -0.395 e. The molecule has 134 valence electrons. The Hall–Kier alpha value is -2.32. The summed E-state index contributed by atoms with van der Waals surface area (Å²) < 4.78 is 0. The second-order valence-corrected chi connectivity index (χ2v) is 6.30. The molecule has 0 radical (unpaired) electrons. The van der Waals surface area contributed by atoms with Crippen LogP contribution in [0.5, 0.6) is 0 Å². The van der Waals surface area contributed by atoms with Gasteiger partial charge in [0.1, 0.15) is 0 Å². The number of rotatable bonds is 6. The van der Waals surface area contributed by atoms with E-state index >= 15 is 0 Å². The Balaban J connectivity index is 1.51. The van der Waals surface area contributed by atoms with E-state index in [9.17, 15) is 9.90 Å². The highest BCUT2D eigenvalue weighted by molar-refractivity contribution is 5.94. The van der Waals surface area contributed by atoms with Crippen molar-refractivity contribution < 1.29 is 9.90 Å². The highest BCUT2D eigenvalue weighted by Crippen LogP contribution is 2.16. The smallest absolute Gasteiger partial charge is 0.251 e. The lowest BCUT2D eigenvalue weighted by Gasteiger charge is -2.34. The maximum atomic E-state index is 12.3. The van der Waals surface area contributed by atoms with Crippen LogP contribution in [0, 0.1) is 0 Å². The van der Waals surface area contributed by atoms with E-state index in [-0.39, 0.29) is 18.6 Å². The van der Waals surface area contributed by atoms with Crippen molar-refractivity contribution in [3.63, 3.8) is 0 Å². The molecular formula is C17H24N6O2. The maximum absolute atomic E-state index is 12.3. The van der Waals surface area contributed by atoms with Crippen LogP contribution < -0.4 is 5.32 Å². The monoisotopic (exact) mass is 344 g/mol. The highest BCUT2D eigenvalue weighted by Gasteiger charge is 2.21. The average Bonchev–Trinajstić information content (AvgIpc) is 3.08. The zero-order valence-corrected chi connectivity index (χ0v) is 14.4. The second kappa shape index (κ2) is 8.17. The van der Waals surface area contributed by atoms with Gasteiger partial charge in [0, 0.05) is 30.3 Å². The van der Waals surface area contributed by atoms with Crippen LogP contribution in [0.1, 0.15) is 29.6 Å². The van der Waals surface area contributed by atoms with E-state index in [1.54, 1.807) is 19.2 Å². The molecule has 1 aliphatic rings. The van der Waals surface area contributed by atoms with Crippen LogP contribution in [-0.2, 0) is 7.05 Å². The Morgan fingerprint density at radius 2 is 2.12 bits per heavy atom. The second-order valence-electron chi connectivity index (χ2n) is 6.30. The minimum atomic E-state index is -0.101. The molecular weight excluding hydrogens is 320 g/mol.